The Kier molecular flexibility index (Phi) is 6.97. The van der Waals surface area contributed by atoms with Gasteiger partial charge in [-0.1, -0.05) is 18.2 Å². The first-order chi connectivity index (χ1) is 18.2. The number of ether oxygens (including phenoxy) is 4. The van der Waals surface area contributed by atoms with E-state index in [4.69, 9.17) is 18.9 Å². The molecule has 1 saturated heterocycles. The number of methoxy groups -OCH3 is 3. The Bertz CT molecular complexity index is 1320. The van der Waals surface area contributed by atoms with Gasteiger partial charge < -0.3 is 23.8 Å². The SMILES string of the molecule is COc1ccc(C2c3c(C)c(N4CCC(c5ccc(OC)c(OC)c5)CC4)c(C)c(C)c3OC2(C)C)cc1. The maximum absolute atomic E-state index is 6.70. The lowest BCUT2D eigenvalue weighted by Gasteiger charge is -2.37. The van der Waals surface area contributed by atoms with E-state index in [1.165, 1.54) is 39.1 Å². The van der Waals surface area contributed by atoms with Crippen molar-refractivity contribution in [3.63, 3.8) is 0 Å². The Morgan fingerprint density at radius 3 is 2.00 bits per heavy atom. The highest BCUT2D eigenvalue weighted by molar-refractivity contribution is 5.72. The minimum absolute atomic E-state index is 0.158. The zero-order valence-corrected chi connectivity index (χ0v) is 24.1. The third-order valence-corrected chi connectivity index (χ3v) is 8.75. The minimum atomic E-state index is -0.335. The van der Waals surface area contributed by atoms with Crippen LogP contribution in [-0.4, -0.2) is 40.0 Å². The van der Waals surface area contributed by atoms with Gasteiger partial charge in [-0.25, -0.2) is 0 Å². The summed E-state index contributed by atoms with van der Waals surface area (Å²) in [5.41, 5.74) is 8.90. The molecule has 0 N–H and O–H groups in total. The average Bonchev–Trinajstić information content (AvgIpc) is 3.23. The van der Waals surface area contributed by atoms with E-state index < -0.39 is 0 Å². The molecule has 0 bridgehead atoms. The van der Waals surface area contributed by atoms with Gasteiger partial charge in [0.15, 0.2) is 11.5 Å². The van der Waals surface area contributed by atoms with Crippen LogP contribution in [0.4, 0.5) is 5.69 Å². The summed E-state index contributed by atoms with van der Waals surface area (Å²) in [6, 6.07) is 14.9. The molecule has 5 nitrogen and oxygen atoms in total. The molecule has 2 aliphatic rings. The van der Waals surface area contributed by atoms with Crippen LogP contribution in [0, 0.1) is 20.8 Å². The summed E-state index contributed by atoms with van der Waals surface area (Å²) in [5.74, 6) is 4.20. The molecular weight excluding hydrogens is 474 g/mol. The first kappa shape index (κ1) is 26.3. The molecule has 5 rings (SSSR count). The maximum Gasteiger partial charge on any atom is 0.160 e. The van der Waals surface area contributed by atoms with Crippen LogP contribution in [0.3, 0.4) is 0 Å². The smallest absolute Gasteiger partial charge is 0.160 e. The van der Waals surface area contributed by atoms with Crippen molar-refractivity contribution in [3.8, 4) is 23.0 Å². The molecule has 1 unspecified atom stereocenters. The quantitative estimate of drug-likeness (QED) is 0.344. The number of hydrogen-bond donors (Lipinski definition) is 0. The van der Waals surface area contributed by atoms with Crippen molar-refractivity contribution in [3.05, 3.63) is 75.8 Å². The summed E-state index contributed by atoms with van der Waals surface area (Å²) in [6.45, 7) is 13.2. The van der Waals surface area contributed by atoms with Crippen LogP contribution < -0.4 is 23.8 Å². The van der Waals surface area contributed by atoms with Gasteiger partial charge in [-0.05, 0) is 105 Å². The molecule has 0 amide bonds. The molecule has 2 aliphatic heterocycles. The number of piperidine rings is 1. The molecule has 2 heterocycles. The van der Waals surface area contributed by atoms with Crippen LogP contribution in [0.1, 0.15) is 71.9 Å². The van der Waals surface area contributed by atoms with E-state index in [2.05, 4.69) is 75.9 Å². The van der Waals surface area contributed by atoms with Gasteiger partial charge >= 0.3 is 0 Å². The van der Waals surface area contributed by atoms with Crippen molar-refractivity contribution >= 4 is 5.69 Å². The summed E-state index contributed by atoms with van der Waals surface area (Å²) in [6.07, 6.45) is 2.21. The fourth-order valence-electron chi connectivity index (χ4n) is 6.66. The lowest BCUT2D eigenvalue weighted by Crippen LogP contribution is -2.34. The molecule has 0 spiro atoms. The molecule has 0 aromatic heterocycles. The molecule has 202 valence electrons. The molecule has 38 heavy (non-hydrogen) atoms. The topological polar surface area (TPSA) is 40.2 Å². The number of hydrogen-bond acceptors (Lipinski definition) is 5. The minimum Gasteiger partial charge on any atom is -0.497 e. The zero-order chi connectivity index (χ0) is 27.2. The predicted molar refractivity (Wildman–Crippen MR) is 154 cm³/mol. The van der Waals surface area contributed by atoms with Gasteiger partial charge in [0.05, 0.1) is 27.2 Å². The number of nitrogens with zero attached hydrogens (tertiary/aromatic N) is 1. The van der Waals surface area contributed by atoms with E-state index in [9.17, 15) is 0 Å². The van der Waals surface area contributed by atoms with Gasteiger partial charge in [0.1, 0.15) is 17.1 Å². The highest BCUT2D eigenvalue weighted by Gasteiger charge is 2.45. The molecule has 3 aromatic rings. The monoisotopic (exact) mass is 515 g/mol. The van der Waals surface area contributed by atoms with Crippen LogP contribution >= 0.6 is 0 Å². The van der Waals surface area contributed by atoms with E-state index >= 15 is 0 Å². The third kappa shape index (κ3) is 4.36. The van der Waals surface area contributed by atoms with Crippen LogP contribution in [0.5, 0.6) is 23.0 Å². The molecule has 0 radical (unpaired) electrons. The Morgan fingerprint density at radius 2 is 1.39 bits per heavy atom. The van der Waals surface area contributed by atoms with Crippen molar-refractivity contribution < 1.29 is 18.9 Å². The van der Waals surface area contributed by atoms with Crippen LogP contribution in [0.15, 0.2) is 42.5 Å². The molecule has 0 aliphatic carbocycles. The predicted octanol–water partition coefficient (Wildman–Crippen LogP) is 7.32. The van der Waals surface area contributed by atoms with Crippen molar-refractivity contribution in [2.24, 2.45) is 0 Å². The largest absolute Gasteiger partial charge is 0.497 e. The highest BCUT2D eigenvalue weighted by atomic mass is 16.5. The summed E-state index contributed by atoms with van der Waals surface area (Å²) in [7, 11) is 5.10. The summed E-state index contributed by atoms with van der Waals surface area (Å²) >= 11 is 0. The fourth-order valence-corrected chi connectivity index (χ4v) is 6.66. The Hall–Kier alpha value is -3.34. The zero-order valence-electron chi connectivity index (χ0n) is 24.1. The van der Waals surface area contributed by atoms with E-state index in [-0.39, 0.29) is 11.5 Å². The first-order valence-corrected chi connectivity index (χ1v) is 13.6. The van der Waals surface area contributed by atoms with Crippen molar-refractivity contribution in [1.29, 1.82) is 0 Å². The van der Waals surface area contributed by atoms with Crippen molar-refractivity contribution in [1.82, 2.24) is 0 Å². The van der Waals surface area contributed by atoms with Crippen molar-refractivity contribution in [2.45, 2.75) is 64.9 Å². The Morgan fingerprint density at radius 1 is 0.763 bits per heavy atom. The normalized spacial score (nSPS) is 18.6. The van der Waals surface area contributed by atoms with Crippen molar-refractivity contribution in [2.75, 3.05) is 39.3 Å². The van der Waals surface area contributed by atoms with Gasteiger partial charge in [-0.3, -0.25) is 0 Å². The third-order valence-electron chi connectivity index (χ3n) is 8.75. The number of anilines is 1. The summed E-state index contributed by atoms with van der Waals surface area (Å²) in [5, 5.41) is 0. The molecule has 3 aromatic carbocycles. The highest BCUT2D eigenvalue weighted by Crippen LogP contribution is 2.54. The van der Waals surface area contributed by atoms with Gasteiger partial charge in [-0.15, -0.1) is 0 Å². The van der Waals surface area contributed by atoms with Crippen LogP contribution in [0.25, 0.3) is 0 Å². The van der Waals surface area contributed by atoms with Gasteiger partial charge in [0.2, 0.25) is 0 Å². The lowest BCUT2D eigenvalue weighted by molar-refractivity contribution is 0.121. The maximum atomic E-state index is 6.70. The fraction of sp³-hybridized carbons (Fsp3) is 0.455. The van der Waals surface area contributed by atoms with E-state index in [1.807, 2.05) is 6.07 Å². The van der Waals surface area contributed by atoms with Crippen LogP contribution in [0.2, 0.25) is 0 Å². The second-order valence-corrected chi connectivity index (χ2v) is 11.3. The summed E-state index contributed by atoms with van der Waals surface area (Å²) in [4.78, 5) is 2.60. The molecule has 1 atom stereocenters. The van der Waals surface area contributed by atoms with Gasteiger partial charge in [0, 0.05) is 24.3 Å². The number of rotatable bonds is 6. The molecule has 0 saturated carbocycles. The average molecular weight is 516 g/mol. The molecule has 5 heteroatoms. The summed E-state index contributed by atoms with van der Waals surface area (Å²) < 4.78 is 23.1. The standard InChI is InChI=1S/C33H41NO4/c1-20-21(2)32-29(30(33(4,5)38-32)24-9-12-26(35-6)13-10-24)22(3)31(20)34-17-15-23(16-18-34)25-11-14-27(36-7)28(19-25)37-8/h9-14,19,23,30H,15-18H2,1-8H3. The van der Waals surface area contributed by atoms with E-state index in [0.717, 1.165) is 48.9 Å². The Balaban J connectivity index is 1.47. The second kappa shape index (κ2) is 10.1. The van der Waals surface area contributed by atoms with Gasteiger partial charge in [0.25, 0.3) is 0 Å². The lowest BCUT2D eigenvalue weighted by atomic mass is 9.78. The number of fused-ring (bicyclic) bond motifs is 1. The first-order valence-electron chi connectivity index (χ1n) is 13.6. The van der Waals surface area contributed by atoms with Crippen LogP contribution in [-0.2, 0) is 0 Å². The van der Waals surface area contributed by atoms with E-state index in [1.54, 1.807) is 21.3 Å². The second-order valence-electron chi connectivity index (χ2n) is 11.3. The molecular formula is C33H41NO4. The van der Waals surface area contributed by atoms with E-state index in [0.29, 0.717) is 5.92 Å². The number of benzene rings is 3. The Labute approximate surface area is 227 Å². The van der Waals surface area contributed by atoms with Gasteiger partial charge in [-0.2, -0.15) is 0 Å². The molecule has 1 fully saturated rings.